The van der Waals surface area contributed by atoms with Crippen molar-refractivity contribution in [2.24, 2.45) is 23.5 Å². The van der Waals surface area contributed by atoms with Crippen LogP contribution in [0.5, 0.6) is 5.75 Å². The summed E-state index contributed by atoms with van der Waals surface area (Å²) in [5, 5.41) is 48.6. The fraction of sp³-hybridized carbons (Fsp3) is 0.548. The first kappa shape index (κ1) is 37.1. The van der Waals surface area contributed by atoms with Crippen LogP contribution in [0.2, 0.25) is 0 Å². The van der Waals surface area contributed by atoms with Gasteiger partial charge in [-0.15, -0.1) is 24.8 Å². The molecule has 0 bridgehead atoms. The fourth-order valence-corrected chi connectivity index (χ4v) is 7.40. The number of rotatable bonds is 6. The van der Waals surface area contributed by atoms with Crippen LogP contribution in [0, 0.1) is 17.8 Å². The minimum Gasteiger partial charge on any atom is -0.508 e. The van der Waals surface area contributed by atoms with E-state index in [1.54, 1.807) is 39.2 Å². The number of piperidine rings is 1. The molecule has 0 radical (unpaired) electrons. The number of Topliss-reactive ketones (excluding diaryl/α,β-unsaturated/α-hetero) is 2. The normalized spacial score (nSPS) is 26.5. The van der Waals surface area contributed by atoms with E-state index < -0.39 is 63.8 Å². The van der Waals surface area contributed by atoms with Gasteiger partial charge in [-0.2, -0.15) is 0 Å². The summed E-state index contributed by atoms with van der Waals surface area (Å²) < 4.78 is 0. The SMILES string of the molecule is CC1CCN(CC(=O)Nc2cc(N(C)C)c3c(c2O)C(O)=C2C(=O)[C@]4(O)C(O)=C(C(N)=O)C(=O)[C@@H](N(C)C)C4CC2C3)CC1.Cl.Cl. The highest BCUT2D eigenvalue weighted by atomic mass is 35.5. The van der Waals surface area contributed by atoms with Crippen molar-refractivity contribution in [3.63, 3.8) is 0 Å². The number of likely N-dealkylation sites (N-methyl/N-ethyl adjacent to an activating group) is 1. The molecule has 1 heterocycles. The summed E-state index contributed by atoms with van der Waals surface area (Å²) in [5.41, 5.74) is 2.63. The van der Waals surface area contributed by atoms with Crippen molar-refractivity contribution in [2.45, 2.75) is 44.2 Å². The van der Waals surface area contributed by atoms with E-state index in [2.05, 4.69) is 12.2 Å². The number of carbonyl (C=O) groups is 4. The predicted octanol–water partition coefficient (Wildman–Crippen LogP) is 1.54. The van der Waals surface area contributed by atoms with E-state index in [4.69, 9.17) is 5.73 Å². The zero-order chi connectivity index (χ0) is 32.4. The number of phenolic OH excluding ortho intramolecular Hbond substituents is 1. The highest BCUT2D eigenvalue weighted by molar-refractivity contribution is 6.24. The Balaban J connectivity index is 0.00000288. The number of fused-ring (bicyclic) bond motifs is 3. The number of benzene rings is 1. The van der Waals surface area contributed by atoms with E-state index in [-0.39, 0.29) is 66.9 Å². The summed E-state index contributed by atoms with van der Waals surface area (Å²) in [7, 11) is 6.64. The Morgan fingerprint density at radius 2 is 1.70 bits per heavy atom. The molecule has 4 aliphatic rings. The molecule has 2 fully saturated rings. The molecule has 13 nitrogen and oxygen atoms in total. The third kappa shape index (κ3) is 5.83. The van der Waals surface area contributed by atoms with Crippen LogP contribution in [0.3, 0.4) is 0 Å². The average molecular weight is 685 g/mol. The van der Waals surface area contributed by atoms with Crippen LogP contribution in [0.4, 0.5) is 11.4 Å². The number of nitrogens with zero attached hydrogens (tertiary/aromatic N) is 3. The van der Waals surface area contributed by atoms with Gasteiger partial charge in [-0.3, -0.25) is 29.0 Å². The van der Waals surface area contributed by atoms with E-state index in [1.807, 2.05) is 4.90 Å². The number of phenols is 1. The van der Waals surface area contributed by atoms with Gasteiger partial charge < -0.3 is 36.4 Å². The lowest BCUT2D eigenvalue weighted by Gasteiger charge is -2.50. The number of hydrogen-bond donors (Lipinski definition) is 6. The molecule has 15 heteroatoms. The summed E-state index contributed by atoms with van der Waals surface area (Å²) in [6, 6.07) is 0.458. The topological polar surface area (TPSA) is 197 Å². The van der Waals surface area contributed by atoms with Gasteiger partial charge in [0.1, 0.15) is 22.8 Å². The second-order valence-corrected chi connectivity index (χ2v) is 13.0. The molecule has 7 N–H and O–H groups in total. The van der Waals surface area contributed by atoms with Crippen molar-refractivity contribution >= 4 is 65.3 Å². The third-order valence-electron chi connectivity index (χ3n) is 9.70. The Morgan fingerprint density at radius 1 is 1.09 bits per heavy atom. The van der Waals surface area contributed by atoms with Crippen LogP contribution in [-0.2, 0) is 25.6 Å². The molecule has 2 amide bonds. The van der Waals surface area contributed by atoms with Gasteiger partial charge in [0.2, 0.25) is 11.7 Å². The Morgan fingerprint density at radius 3 is 2.24 bits per heavy atom. The highest BCUT2D eigenvalue weighted by Crippen LogP contribution is 2.54. The van der Waals surface area contributed by atoms with E-state index in [9.17, 15) is 39.6 Å². The molecule has 46 heavy (non-hydrogen) atoms. The number of primary amides is 1. The zero-order valence-corrected chi connectivity index (χ0v) is 28.1. The van der Waals surface area contributed by atoms with Crippen LogP contribution in [-0.4, -0.2) is 113 Å². The Kier molecular flexibility index (Phi) is 10.8. The number of aliphatic hydroxyl groups is 3. The summed E-state index contributed by atoms with van der Waals surface area (Å²) in [6.45, 7) is 3.87. The summed E-state index contributed by atoms with van der Waals surface area (Å²) in [5.74, 6) is -6.98. The maximum absolute atomic E-state index is 14.1. The van der Waals surface area contributed by atoms with Crippen LogP contribution in [0.25, 0.3) is 5.76 Å². The molecule has 1 saturated carbocycles. The first-order valence-electron chi connectivity index (χ1n) is 14.8. The van der Waals surface area contributed by atoms with E-state index in [0.717, 1.165) is 25.9 Å². The molecule has 1 aromatic rings. The van der Waals surface area contributed by atoms with Crippen molar-refractivity contribution in [1.29, 1.82) is 0 Å². The average Bonchev–Trinajstić information content (AvgIpc) is 2.93. The van der Waals surface area contributed by atoms with Crippen molar-refractivity contribution in [2.75, 3.05) is 58.0 Å². The van der Waals surface area contributed by atoms with Gasteiger partial charge in [0.25, 0.3) is 5.91 Å². The van der Waals surface area contributed by atoms with Gasteiger partial charge in [0, 0.05) is 31.3 Å². The van der Waals surface area contributed by atoms with Gasteiger partial charge in [-0.1, -0.05) is 6.92 Å². The number of aliphatic hydroxyl groups excluding tert-OH is 2. The maximum Gasteiger partial charge on any atom is 0.255 e. The largest absolute Gasteiger partial charge is 0.508 e. The second kappa shape index (κ2) is 13.4. The quantitative estimate of drug-likeness (QED) is 0.188. The number of ketones is 2. The molecular weight excluding hydrogens is 641 g/mol. The van der Waals surface area contributed by atoms with E-state index >= 15 is 0 Å². The zero-order valence-electron chi connectivity index (χ0n) is 26.5. The number of aromatic hydroxyl groups is 1. The Labute approximate surface area is 279 Å². The molecule has 2 unspecified atom stereocenters. The number of nitrogens with one attached hydrogen (secondary N) is 1. The van der Waals surface area contributed by atoms with Gasteiger partial charge in [0.15, 0.2) is 11.4 Å². The van der Waals surface area contributed by atoms with Crippen LogP contribution < -0.4 is 16.0 Å². The molecule has 0 aromatic heterocycles. The lowest BCUT2D eigenvalue weighted by atomic mass is 9.57. The lowest BCUT2D eigenvalue weighted by Crippen LogP contribution is -2.65. The maximum atomic E-state index is 14.1. The van der Waals surface area contributed by atoms with Gasteiger partial charge in [-0.05, 0) is 76.3 Å². The number of halogens is 2. The van der Waals surface area contributed by atoms with Crippen molar-refractivity contribution < 1.29 is 39.6 Å². The van der Waals surface area contributed by atoms with Crippen molar-refractivity contribution in [3.8, 4) is 5.75 Å². The molecule has 4 atom stereocenters. The van der Waals surface area contributed by atoms with Gasteiger partial charge in [0.05, 0.1) is 23.8 Å². The number of likely N-dealkylation sites (tertiary alicyclic amines) is 1. The predicted molar refractivity (Wildman–Crippen MR) is 177 cm³/mol. The third-order valence-corrected chi connectivity index (χ3v) is 9.70. The second-order valence-electron chi connectivity index (χ2n) is 13.0. The summed E-state index contributed by atoms with van der Waals surface area (Å²) in [4.78, 5) is 57.9. The number of nitrogens with two attached hydrogens (primary N) is 1. The van der Waals surface area contributed by atoms with Crippen LogP contribution >= 0.6 is 24.8 Å². The molecule has 3 aliphatic carbocycles. The molecule has 5 rings (SSSR count). The Bertz CT molecular complexity index is 1520. The fourth-order valence-electron chi connectivity index (χ4n) is 7.40. The number of amides is 2. The number of carbonyl (C=O) groups excluding carboxylic acids is 4. The standard InChI is InChI=1S/C31H41N5O8.2ClH/c1-14-6-8-36(9-7-14)13-20(37)33-18-12-19(34(2)3)16-10-15-11-17-24(35(4)5)27(40)23(30(32)43)29(42)31(17,44)28(41)21(15)26(39)22(16)25(18)38;;/h12,14-15,17,24,38-39,42,44H,6-11,13H2,1-5H3,(H2,32,43)(H,33,37);2*1H/t15?,17?,24-,31-;;/m0../s1. The van der Waals surface area contributed by atoms with E-state index in [0.29, 0.717) is 17.2 Å². The Hall–Kier alpha value is -3.36. The molecule has 0 spiro atoms. The summed E-state index contributed by atoms with van der Waals surface area (Å²) >= 11 is 0. The molecule has 1 aliphatic heterocycles. The minimum atomic E-state index is -2.72. The minimum absolute atomic E-state index is 0. The molecule has 1 saturated heterocycles. The van der Waals surface area contributed by atoms with Crippen molar-refractivity contribution in [1.82, 2.24) is 9.80 Å². The van der Waals surface area contributed by atoms with E-state index in [1.165, 1.54) is 4.90 Å². The van der Waals surface area contributed by atoms with Crippen LogP contribution in [0.1, 0.15) is 37.3 Å². The number of anilines is 2. The smallest absolute Gasteiger partial charge is 0.255 e. The van der Waals surface area contributed by atoms with Crippen LogP contribution in [0.15, 0.2) is 23.0 Å². The van der Waals surface area contributed by atoms with Crippen molar-refractivity contribution in [3.05, 3.63) is 34.1 Å². The molecular formula is C31H43Cl2N5O8. The molecule has 1 aromatic carbocycles. The van der Waals surface area contributed by atoms with Gasteiger partial charge in [-0.25, -0.2) is 0 Å². The molecule has 254 valence electrons. The first-order valence-corrected chi connectivity index (χ1v) is 14.8. The lowest BCUT2D eigenvalue weighted by molar-refractivity contribution is -0.153. The summed E-state index contributed by atoms with van der Waals surface area (Å²) in [6.07, 6.45) is 2.12. The highest BCUT2D eigenvalue weighted by Gasteiger charge is 2.64. The number of hydrogen-bond acceptors (Lipinski definition) is 11. The first-order chi connectivity index (χ1) is 20.6. The monoisotopic (exact) mass is 683 g/mol. The van der Waals surface area contributed by atoms with Gasteiger partial charge >= 0.3 is 0 Å².